The molecule has 8 nitrogen and oxygen atoms in total. The number of hydrogen-bond acceptors (Lipinski definition) is 7. The Balaban J connectivity index is 1.85. The maximum Gasteiger partial charge on any atom is 0.263 e. The Kier molecular flexibility index (Phi) is 4.14. The van der Waals surface area contributed by atoms with Crippen molar-refractivity contribution in [3.05, 3.63) is 34.3 Å². The Hall–Kier alpha value is -2.64. The fourth-order valence-corrected chi connectivity index (χ4v) is 1.83. The molecule has 0 bridgehead atoms. The Bertz CT molecular complexity index is 648. The van der Waals surface area contributed by atoms with Gasteiger partial charge in [0.1, 0.15) is 12.1 Å². The van der Waals surface area contributed by atoms with E-state index in [1.54, 1.807) is 0 Å². The minimum atomic E-state index is -0.339. The van der Waals surface area contributed by atoms with E-state index in [1.807, 2.05) is 0 Å². The molecule has 20 heavy (non-hydrogen) atoms. The SMILES string of the molecule is Nc1nc(N)c(CCCCC(=O)c2ncco2)c(=O)[nH]1. The van der Waals surface area contributed by atoms with Crippen LogP contribution in [0.25, 0.3) is 0 Å². The third-order valence-electron chi connectivity index (χ3n) is 2.82. The van der Waals surface area contributed by atoms with Crippen LogP contribution < -0.4 is 17.0 Å². The molecule has 2 heterocycles. The number of unbranched alkanes of at least 4 members (excludes halogenated alkanes) is 1. The largest absolute Gasteiger partial charge is 0.442 e. The van der Waals surface area contributed by atoms with Gasteiger partial charge in [-0.2, -0.15) is 4.98 Å². The van der Waals surface area contributed by atoms with Crippen LogP contribution in [-0.4, -0.2) is 20.7 Å². The normalized spacial score (nSPS) is 10.6. The Morgan fingerprint density at radius 3 is 2.80 bits per heavy atom. The first-order valence-corrected chi connectivity index (χ1v) is 6.14. The second kappa shape index (κ2) is 6.00. The third-order valence-corrected chi connectivity index (χ3v) is 2.82. The Morgan fingerprint density at radius 1 is 1.35 bits per heavy atom. The van der Waals surface area contributed by atoms with Gasteiger partial charge in [0, 0.05) is 6.42 Å². The lowest BCUT2D eigenvalue weighted by Gasteiger charge is -2.04. The standard InChI is InChI=1S/C12H15N5O3/c13-9-7(10(19)17-12(14)16-9)3-1-2-4-8(18)11-15-5-6-20-11/h5-6H,1-4H2,(H5,13,14,16,17,19). The second-order valence-electron chi connectivity index (χ2n) is 4.28. The molecule has 0 amide bonds. The molecule has 0 fully saturated rings. The highest BCUT2D eigenvalue weighted by Gasteiger charge is 2.11. The van der Waals surface area contributed by atoms with Crippen molar-refractivity contribution in [2.45, 2.75) is 25.7 Å². The second-order valence-corrected chi connectivity index (χ2v) is 4.28. The number of nitrogens with one attached hydrogen (secondary N) is 1. The summed E-state index contributed by atoms with van der Waals surface area (Å²) in [5.74, 6) is 0.0735. The minimum Gasteiger partial charge on any atom is -0.442 e. The molecule has 0 aliphatic rings. The van der Waals surface area contributed by atoms with Crippen molar-refractivity contribution >= 4 is 17.5 Å². The van der Waals surface area contributed by atoms with Gasteiger partial charge in [-0.1, -0.05) is 0 Å². The molecule has 106 valence electrons. The summed E-state index contributed by atoms with van der Waals surface area (Å²) in [6, 6.07) is 0. The van der Waals surface area contributed by atoms with Gasteiger partial charge in [0.05, 0.1) is 11.8 Å². The first-order valence-electron chi connectivity index (χ1n) is 6.14. The molecule has 2 rings (SSSR count). The lowest BCUT2D eigenvalue weighted by molar-refractivity contribution is 0.0945. The van der Waals surface area contributed by atoms with Crippen LogP contribution in [0.2, 0.25) is 0 Å². The Labute approximate surface area is 114 Å². The molecule has 0 aromatic carbocycles. The summed E-state index contributed by atoms with van der Waals surface area (Å²) in [5, 5.41) is 0. The molecule has 0 aliphatic heterocycles. The number of H-pyrrole nitrogens is 1. The van der Waals surface area contributed by atoms with Gasteiger partial charge in [-0.25, -0.2) is 4.98 Å². The van der Waals surface area contributed by atoms with E-state index in [0.29, 0.717) is 31.2 Å². The van der Waals surface area contributed by atoms with Crippen molar-refractivity contribution in [1.82, 2.24) is 15.0 Å². The van der Waals surface area contributed by atoms with Crippen LogP contribution in [0.1, 0.15) is 35.5 Å². The molecule has 0 aliphatic carbocycles. The van der Waals surface area contributed by atoms with Gasteiger partial charge in [-0.05, 0) is 19.3 Å². The van der Waals surface area contributed by atoms with Crippen LogP contribution in [0.5, 0.6) is 0 Å². The number of anilines is 2. The van der Waals surface area contributed by atoms with Gasteiger partial charge in [0.2, 0.25) is 11.7 Å². The topological polar surface area (TPSA) is 141 Å². The zero-order valence-electron chi connectivity index (χ0n) is 10.8. The average molecular weight is 277 g/mol. The summed E-state index contributed by atoms with van der Waals surface area (Å²) in [7, 11) is 0. The van der Waals surface area contributed by atoms with Gasteiger partial charge in [-0.3, -0.25) is 14.6 Å². The summed E-state index contributed by atoms with van der Waals surface area (Å²) >= 11 is 0. The quantitative estimate of drug-likeness (QED) is 0.516. The molecule has 0 radical (unpaired) electrons. The highest BCUT2D eigenvalue weighted by atomic mass is 16.3. The van der Waals surface area contributed by atoms with E-state index in [4.69, 9.17) is 15.9 Å². The molecule has 8 heteroatoms. The minimum absolute atomic E-state index is 0.00433. The van der Waals surface area contributed by atoms with Crippen molar-refractivity contribution in [2.75, 3.05) is 11.5 Å². The van der Waals surface area contributed by atoms with Crippen molar-refractivity contribution in [1.29, 1.82) is 0 Å². The number of oxazole rings is 1. The monoisotopic (exact) mass is 277 g/mol. The molecule has 0 saturated heterocycles. The first-order chi connectivity index (χ1) is 9.58. The van der Waals surface area contributed by atoms with Crippen LogP contribution in [0, 0.1) is 0 Å². The molecular weight excluding hydrogens is 262 g/mol. The van der Waals surface area contributed by atoms with Gasteiger partial charge >= 0.3 is 0 Å². The third kappa shape index (κ3) is 3.22. The van der Waals surface area contributed by atoms with Gasteiger partial charge in [0.15, 0.2) is 0 Å². The zero-order valence-corrected chi connectivity index (χ0v) is 10.8. The molecule has 0 atom stereocenters. The number of nitrogens with two attached hydrogens (primary N) is 2. The lowest BCUT2D eigenvalue weighted by Crippen LogP contribution is -2.19. The van der Waals surface area contributed by atoms with Gasteiger partial charge < -0.3 is 15.9 Å². The summed E-state index contributed by atoms with van der Waals surface area (Å²) in [6.07, 6.45) is 4.75. The molecule has 0 spiro atoms. The maximum absolute atomic E-state index is 11.6. The molecule has 2 aromatic heterocycles. The number of Topliss-reactive ketones (excluding diaryl/α,β-unsaturated/α-hetero) is 1. The number of nitrogen functional groups attached to an aromatic ring is 2. The van der Waals surface area contributed by atoms with Crippen LogP contribution in [0.4, 0.5) is 11.8 Å². The fraction of sp³-hybridized carbons (Fsp3) is 0.333. The molecule has 0 saturated carbocycles. The van der Waals surface area contributed by atoms with E-state index in [1.165, 1.54) is 12.5 Å². The van der Waals surface area contributed by atoms with Crippen LogP contribution in [0.15, 0.2) is 21.7 Å². The summed E-state index contributed by atoms with van der Waals surface area (Å²) in [5.41, 5.74) is 11.1. The van der Waals surface area contributed by atoms with E-state index in [2.05, 4.69) is 15.0 Å². The van der Waals surface area contributed by atoms with Crippen LogP contribution in [-0.2, 0) is 6.42 Å². The van der Waals surface area contributed by atoms with E-state index in [9.17, 15) is 9.59 Å². The number of carbonyl (C=O) groups is 1. The molecule has 2 aromatic rings. The van der Waals surface area contributed by atoms with Crippen LogP contribution >= 0.6 is 0 Å². The van der Waals surface area contributed by atoms with E-state index >= 15 is 0 Å². The predicted octanol–water partition coefficient (Wildman–Crippen LogP) is 0.518. The van der Waals surface area contributed by atoms with Crippen molar-refractivity contribution in [3.8, 4) is 0 Å². The fourth-order valence-electron chi connectivity index (χ4n) is 1.83. The predicted molar refractivity (Wildman–Crippen MR) is 72.1 cm³/mol. The number of nitrogens with zero attached hydrogens (tertiary/aromatic N) is 2. The number of aromatic amines is 1. The summed E-state index contributed by atoms with van der Waals surface area (Å²) in [6.45, 7) is 0. The van der Waals surface area contributed by atoms with Crippen molar-refractivity contribution in [2.24, 2.45) is 0 Å². The molecule has 0 unspecified atom stereocenters. The highest BCUT2D eigenvalue weighted by molar-refractivity contribution is 5.91. The number of rotatable bonds is 6. The average Bonchev–Trinajstić information content (AvgIpc) is 2.90. The first kappa shape index (κ1) is 13.8. The number of aromatic nitrogens is 3. The van der Waals surface area contributed by atoms with Crippen molar-refractivity contribution in [3.63, 3.8) is 0 Å². The van der Waals surface area contributed by atoms with E-state index in [-0.39, 0.29) is 29.0 Å². The lowest BCUT2D eigenvalue weighted by atomic mass is 10.1. The number of ketones is 1. The Morgan fingerprint density at radius 2 is 2.15 bits per heavy atom. The maximum atomic E-state index is 11.6. The zero-order chi connectivity index (χ0) is 14.5. The van der Waals surface area contributed by atoms with Crippen LogP contribution in [0.3, 0.4) is 0 Å². The molecular formula is C12H15N5O3. The van der Waals surface area contributed by atoms with Gasteiger partial charge in [-0.15, -0.1) is 0 Å². The van der Waals surface area contributed by atoms with E-state index < -0.39 is 0 Å². The highest BCUT2D eigenvalue weighted by Crippen LogP contribution is 2.10. The number of carbonyl (C=O) groups excluding carboxylic acids is 1. The summed E-state index contributed by atoms with van der Waals surface area (Å²) in [4.78, 5) is 33.2. The smallest absolute Gasteiger partial charge is 0.263 e. The van der Waals surface area contributed by atoms with Gasteiger partial charge in [0.25, 0.3) is 11.4 Å². The summed E-state index contributed by atoms with van der Waals surface area (Å²) < 4.78 is 4.90. The molecule has 5 N–H and O–H groups in total. The van der Waals surface area contributed by atoms with E-state index in [0.717, 1.165) is 0 Å². The van der Waals surface area contributed by atoms with Crippen molar-refractivity contribution < 1.29 is 9.21 Å². The number of hydrogen-bond donors (Lipinski definition) is 3.